The summed E-state index contributed by atoms with van der Waals surface area (Å²) in [7, 11) is 1.36. The Hall–Kier alpha value is -1.98. The van der Waals surface area contributed by atoms with Gasteiger partial charge in [0.05, 0.1) is 0 Å². The molecule has 5 heteroatoms. The molecular formula is C13H13NO4. The lowest BCUT2D eigenvalue weighted by molar-refractivity contribution is -0.319. The molecule has 1 aliphatic rings. The Labute approximate surface area is 104 Å². The summed E-state index contributed by atoms with van der Waals surface area (Å²) in [6.45, 7) is 3.55. The normalized spacial score (nSPS) is 22.9. The van der Waals surface area contributed by atoms with Gasteiger partial charge in [-0.3, -0.25) is 19.7 Å². The molecule has 2 amide bonds. The zero-order valence-corrected chi connectivity index (χ0v) is 9.92. The van der Waals surface area contributed by atoms with E-state index < -0.39 is 17.4 Å². The van der Waals surface area contributed by atoms with Crippen molar-refractivity contribution in [2.75, 3.05) is 7.05 Å². The number of imide groups is 1. The smallest absolute Gasteiger partial charge is 0.269 e. The second-order valence-electron chi connectivity index (χ2n) is 4.13. The first-order valence-corrected chi connectivity index (χ1v) is 5.44. The zero-order valence-electron chi connectivity index (χ0n) is 9.92. The van der Waals surface area contributed by atoms with Crippen LogP contribution in [-0.4, -0.2) is 29.0 Å². The van der Waals surface area contributed by atoms with E-state index in [1.165, 1.54) is 13.1 Å². The van der Waals surface area contributed by atoms with E-state index in [4.69, 9.17) is 0 Å². The van der Waals surface area contributed by atoms with Gasteiger partial charge in [0.1, 0.15) is 0 Å². The summed E-state index contributed by atoms with van der Waals surface area (Å²) < 4.78 is 0. The molecule has 0 spiro atoms. The van der Waals surface area contributed by atoms with Crippen molar-refractivity contribution in [3.63, 3.8) is 0 Å². The van der Waals surface area contributed by atoms with E-state index >= 15 is 0 Å². The number of benzene rings is 1. The first-order valence-electron chi connectivity index (χ1n) is 5.44. The molecule has 1 aromatic carbocycles. The maximum absolute atomic E-state index is 12.2. The Morgan fingerprint density at radius 2 is 2.11 bits per heavy atom. The van der Waals surface area contributed by atoms with Gasteiger partial charge in [-0.2, -0.15) is 0 Å². The predicted molar refractivity (Wildman–Crippen MR) is 63.7 cm³/mol. The van der Waals surface area contributed by atoms with Gasteiger partial charge < -0.3 is 0 Å². The van der Waals surface area contributed by atoms with E-state index in [1.54, 1.807) is 24.3 Å². The number of likely N-dealkylation sites (N-methyl/N-ethyl adjacent to an activating group) is 1. The van der Waals surface area contributed by atoms with Gasteiger partial charge in [0, 0.05) is 24.6 Å². The van der Waals surface area contributed by atoms with Crippen molar-refractivity contribution in [2.45, 2.75) is 12.0 Å². The number of fused-ring (bicyclic) bond motifs is 1. The van der Waals surface area contributed by atoms with Gasteiger partial charge in [-0.05, 0) is 6.07 Å². The molecule has 0 saturated heterocycles. The van der Waals surface area contributed by atoms with Crippen molar-refractivity contribution >= 4 is 11.8 Å². The first-order chi connectivity index (χ1) is 8.58. The van der Waals surface area contributed by atoms with Crippen LogP contribution in [0.15, 0.2) is 36.9 Å². The lowest BCUT2D eigenvalue weighted by Gasteiger charge is -2.37. The lowest BCUT2D eigenvalue weighted by Crippen LogP contribution is -2.53. The molecule has 0 aromatic heterocycles. The van der Waals surface area contributed by atoms with Crippen LogP contribution in [0.5, 0.6) is 0 Å². The Bertz CT molecular complexity index is 525. The highest BCUT2D eigenvalue weighted by atomic mass is 17.1. The molecule has 0 saturated carbocycles. The van der Waals surface area contributed by atoms with E-state index in [0.29, 0.717) is 11.1 Å². The fraction of sp³-hybridized carbons (Fsp3) is 0.231. The lowest BCUT2D eigenvalue weighted by atomic mass is 9.82. The van der Waals surface area contributed by atoms with Crippen LogP contribution in [-0.2, 0) is 15.3 Å². The van der Waals surface area contributed by atoms with Crippen LogP contribution in [0.1, 0.15) is 22.3 Å². The highest BCUT2D eigenvalue weighted by Crippen LogP contribution is 2.37. The number of rotatable bonds is 3. The fourth-order valence-electron chi connectivity index (χ4n) is 2.21. The van der Waals surface area contributed by atoms with Crippen LogP contribution in [0, 0.1) is 0 Å². The standard InChI is InChI=1S/C13H13NO4/c1-3-8-13(18-17)10-7-5-4-6-9(10)11(15)14(2)12(13)16/h3-7,17H,1,8H2,2H3. The van der Waals surface area contributed by atoms with Crippen LogP contribution in [0.25, 0.3) is 0 Å². The Morgan fingerprint density at radius 3 is 2.72 bits per heavy atom. The third kappa shape index (κ3) is 1.48. The summed E-state index contributed by atoms with van der Waals surface area (Å²) >= 11 is 0. The molecule has 1 unspecified atom stereocenters. The minimum absolute atomic E-state index is 0.0803. The van der Waals surface area contributed by atoms with Gasteiger partial charge in [-0.25, -0.2) is 4.89 Å². The molecular weight excluding hydrogens is 234 g/mol. The quantitative estimate of drug-likeness (QED) is 0.381. The topological polar surface area (TPSA) is 66.8 Å². The van der Waals surface area contributed by atoms with Gasteiger partial charge >= 0.3 is 0 Å². The molecule has 5 nitrogen and oxygen atoms in total. The number of hydrogen-bond acceptors (Lipinski definition) is 4. The van der Waals surface area contributed by atoms with Crippen LogP contribution >= 0.6 is 0 Å². The Balaban J connectivity index is 2.72. The molecule has 1 aliphatic heterocycles. The third-order valence-corrected chi connectivity index (χ3v) is 3.13. The van der Waals surface area contributed by atoms with E-state index in [0.717, 1.165) is 4.90 Å². The van der Waals surface area contributed by atoms with Crippen molar-refractivity contribution in [3.8, 4) is 0 Å². The van der Waals surface area contributed by atoms with Crippen molar-refractivity contribution in [2.24, 2.45) is 0 Å². The number of amides is 2. The van der Waals surface area contributed by atoms with Crippen molar-refractivity contribution < 1.29 is 19.7 Å². The summed E-state index contributed by atoms with van der Waals surface area (Å²) in [5.41, 5.74) is -0.878. The molecule has 1 N–H and O–H groups in total. The SMILES string of the molecule is C=CCC1(OO)C(=O)N(C)C(=O)c2ccccc21. The van der Waals surface area contributed by atoms with E-state index in [1.807, 2.05) is 0 Å². The third-order valence-electron chi connectivity index (χ3n) is 3.13. The average molecular weight is 247 g/mol. The molecule has 0 fully saturated rings. The second kappa shape index (κ2) is 4.36. The maximum atomic E-state index is 12.2. The number of carbonyl (C=O) groups is 2. The molecule has 1 heterocycles. The first kappa shape index (κ1) is 12.5. The van der Waals surface area contributed by atoms with E-state index in [-0.39, 0.29) is 6.42 Å². The van der Waals surface area contributed by atoms with Crippen LogP contribution in [0.2, 0.25) is 0 Å². The number of carbonyl (C=O) groups excluding carboxylic acids is 2. The molecule has 94 valence electrons. The summed E-state index contributed by atoms with van der Waals surface area (Å²) in [6.07, 6.45) is 1.55. The minimum Gasteiger partial charge on any atom is -0.279 e. The molecule has 2 rings (SSSR count). The Morgan fingerprint density at radius 1 is 1.44 bits per heavy atom. The Kier molecular flexibility index (Phi) is 3.02. The predicted octanol–water partition coefficient (Wildman–Crippen LogP) is 1.56. The van der Waals surface area contributed by atoms with Crippen LogP contribution in [0.4, 0.5) is 0 Å². The molecule has 0 radical (unpaired) electrons. The van der Waals surface area contributed by atoms with Crippen molar-refractivity contribution in [3.05, 3.63) is 48.0 Å². The number of nitrogens with zero attached hydrogens (tertiary/aromatic N) is 1. The minimum atomic E-state index is -1.58. The highest BCUT2D eigenvalue weighted by Gasteiger charge is 2.50. The van der Waals surface area contributed by atoms with Gasteiger partial charge in [0.2, 0.25) is 5.60 Å². The van der Waals surface area contributed by atoms with Gasteiger partial charge in [0.25, 0.3) is 11.8 Å². The molecule has 1 aromatic rings. The highest BCUT2D eigenvalue weighted by molar-refractivity contribution is 6.12. The van der Waals surface area contributed by atoms with Crippen LogP contribution in [0.3, 0.4) is 0 Å². The van der Waals surface area contributed by atoms with Crippen molar-refractivity contribution in [1.82, 2.24) is 4.90 Å². The monoisotopic (exact) mass is 247 g/mol. The largest absolute Gasteiger partial charge is 0.279 e. The summed E-state index contributed by atoms with van der Waals surface area (Å²) in [5.74, 6) is -1.01. The molecule has 1 atom stereocenters. The van der Waals surface area contributed by atoms with Gasteiger partial charge in [-0.15, -0.1) is 6.58 Å². The van der Waals surface area contributed by atoms with Crippen molar-refractivity contribution in [1.29, 1.82) is 0 Å². The summed E-state index contributed by atoms with van der Waals surface area (Å²) in [6, 6.07) is 6.56. The van der Waals surface area contributed by atoms with E-state index in [9.17, 15) is 14.8 Å². The summed E-state index contributed by atoms with van der Waals surface area (Å²) in [5, 5.41) is 9.19. The number of hydrogen-bond donors (Lipinski definition) is 1. The molecule has 0 aliphatic carbocycles. The van der Waals surface area contributed by atoms with Gasteiger partial charge in [0.15, 0.2) is 0 Å². The molecule has 0 bridgehead atoms. The zero-order chi connectivity index (χ0) is 13.3. The van der Waals surface area contributed by atoms with E-state index in [2.05, 4.69) is 11.5 Å². The van der Waals surface area contributed by atoms with Gasteiger partial charge in [-0.1, -0.05) is 24.3 Å². The maximum Gasteiger partial charge on any atom is 0.269 e. The molecule has 18 heavy (non-hydrogen) atoms. The fourth-order valence-corrected chi connectivity index (χ4v) is 2.21. The van der Waals surface area contributed by atoms with Crippen LogP contribution < -0.4 is 0 Å². The second-order valence-corrected chi connectivity index (χ2v) is 4.13. The average Bonchev–Trinajstić information content (AvgIpc) is 2.41. The summed E-state index contributed by atoms with van der Waals surface area (Å²) in [4.78, 5) is 29.6.